The van der Waals surface area contributed by atoms with Crippen molar-refractivity contribution in [2.24, 2.45) is 0 Å². The molecular weight excluding hydrogens is 358 g/mol. The monoisotopic (exact) mass is 371 g/mol. The van der Waals surface area contributed by atoms with Crippen molar-refractivity contribution in [3.8, 4) is 0 Å². The number of hydrogen-bond donors (Lipinski definition) is 0. The van der Waals surface area contributed by atoms with Crippen LogP contribution < -0.4 is 4.90 Å². The minimum absolute atomic E-state index is 0.288. The Kier molecular flexibility index (Phi) is 4.73. The average Bonchev–Trinajstić information content (AvgIpc) is 2.62. The lowest BCUT2D eigenvalue weighted by molar-refractivity contribution is -0.394. The summed E-state index contributed by atoms with van der Waals surface area (Å²) in [5.74, 6) is 0. The number of benzene rings is 2. The molecule has 3 rings (SSSR count). The summed E-state index contributed by atoms with van der Waals surface area (Å²) in [4.78, 5) is 23.0. The quantitative estimate of drug-likeness (QED) is 0.554. The molecule has 0 aromatic heterocycles. The molecule has 0 saturated heterocycles. The van der Waals surface area contributed by atoms with Crippen LogP contribution in [0, 0.1) is 20.2 Å². The van der Waals surface area contributed by atoms with E-state index in [2.05, 4.69) is 0 Å². The van der Waals surface area contributed by atoms with Crippen LogP contribution in [0.4, 0.5) is 17.1 Å². The van der Waals surface area contributed by atoms with E-state index < -0.39 is 9.85 Å². The Hall–Kier alpha value is -3.19. The van der Waals surface area contributed by atoms with Crippen LogP contribution in [0.2, 0.25) is 5.02 Å². The van der Waals surface area contributed by atoms with E-state index in [0.717, 1.165) is 29.4 Å². The minimum atomic E-state index is -0.654. The molecule has 1 aliphatic rings. The number of allylic oxidation sites excluding steroid dienone is 2. The van der Waals surface area contributed by atoms with Crippen molar-refractivity contribution in [3.63, 3.8) is 0 Å². The van der Waals surface area contributed by atoms with Gasteiger partial charge in [-0.3, -0.25) is 20.2 Å². The summed E-state index contributed by atoms with van der Waals surface area (Å²) in [5, 5.41) is 22.8. The van der Waals surface area contributed by atoms with Gasteiger partial charge in [0.25, 0.3) is 11.4 Å². The van der Waals surface area contributed by atoms with Crippen LogP contribution in [0.15, 0.2) is 48.7 Å². The summed E-state index contributed by atoms with van der Waals surface area (Å²) in [6.45, 7) is 2.77. The van der Waals surface area contributed by atoms with E-state index in [-0.39, 0.29) is 16.9 Å². The molecule has 0 atom stereocenters. The van der Waals surface area contributed by atoms with E-state index in [1.807, 2.05) is 30.2 Å². The van der Waals surface area contributed by atoms with Crippen LogP contribution in [-0.4, -0.2) is 16.4 Å². The van der Waals surface area contributed by atoms with Crippen molar-refractivity contribution in [1.82, 2.24) is 0 Å². The number of nitro groups is 2. The predicted octanol–water partition coefficient (Wildman–Crippen LogP) is 5.05. The topological polar surface area (TPSA) is 89.5 Å². The zero-order valence-corrected chi connectivity index (χ0v) is 14.5. The summed E-state index contributed by atoms with van der Waals surface area (Å²) in [5.41, 5.74) is 2.17. The van der Waals surface area contributed by atoms with E-state index in [1.165, 1.54) is 12.1 Å². The average molecular weight is 372 g/mol. The Morgan fingerprint density at radius 2 is 1.88 bits per heavy atom. The van der Waals surface area contributed by atoms with Gasteiger partial charge in [0, 0.05) is 35.1 Å². The predicted molar refractivity (Wildman–Crippen MR) is 101 cm³/mol. The van der Waals surface area contributed by atoms with Gasteiger partial charge in [0.1, 0.15) is 0 Å². The van der Waals surface area contributed by atoms with Crippen molar-refractivity contribution in [1.29, 1.82) is 0 Å². The number of nitrogens with zero attached hydrogens (tertiary/aromatic N) is 3. The molecule has 1 heterocycles. The normalized spacial score (nSPS) is 14.4. The van der Waals surface area contributed by atoms with E-state index >= 15 is 0 Å². The van der Waals surface area contributed by atoms with E-state index in [1.54, 1.807) is 18.2 Å². The fourth-order valence-electron chi connectivity index (χ4n) is 2.83. The first-order valence-corrected chi connectivity index (χ1v) is 8.18. The molecule has 0 radical (unpaired) electrons. The highest BCUT2D eigenvalue weighted by Crippen LogP contribution is 2.37. The van der Waals surface area contributed by atoms with Crippen LogP contribution in [0.1, 0.15) is 18.1 Å². The van der Waals surface area contributed by atoms with Gasteiger partial charge in [0.05, 0.1) is 21.5 Å². The number of fused-ring (bicyclic) bond motifs is 1. The van der Waals surface area contributed by atoms with Crippen molar-refractivity contribution >= 4 is 40.3 Å². The van der Waals surface area contributed by atoms with Gasteiger partial charge in [-0.25, -0.2) is 0 Å². The van der Waals surface area contributed by atoms with Crippen molar-refractivity contribution in [3.05, 3.63) is 85.1 Å². The van der Waals surface area contributed by atoms with E-state index in [0.29, 0.717) is 5.02 Å². The summed E-state index contributed by atoms with van der Waals surface area (Å²) >= 11 is 6.12. The fraction of sp³-hybridized carbons (Fsp3) is 0.111. The summed E-state index contributed by atoms with van der Waals surface area (Å²) in [6, 6.07) is 9.08. The van der Waals surface area contributed by atoms with Crippen LogP contribution in [0.5, 0.6) is 0 Å². The lowest BCUT2D eigenvalue weighted by atomic mass is 9.97. The van der Waals surface area contributed by atoms with Gasteiger partial charge in [0.2, 0.25) is 0 Å². The molecule has 0 fully saturated rings. The maximum Gasteiger partial charge on any atom is 0.283 e. The lowest BCUT2D eigenvalue weighted by Gasteiger charge is -2.26. The largest absolute Gasteiger partial charge is 0.348 e. The minimum Gasteiger partial charge on any atom is -0.348 e. The molecule has 8 heteroatoms. The molecule has 132 valence electrons. The van der Waals surface area contributed by atoms with Gasteiger partial charge < -0.3 is 4.90 Å². The Labute approximate surface area is 154 Å². The van der Waals surface area contributed by atoms with Gasteiger partial charge in [-0.2, -0.15) is 0 Å². The zero-order valence-electron chi connectivity index (χ0n) is 13.8. The first-order chi connectivity index (χ1) is 12.4. The molecule has 2 aromatic carbocycles. The number of non-ortho nitro benzene ring substituents is 1. The SMILES string of the molecule is CCN1C=CC(=Cc2ccc([N+](=O)[O-])cc2[N+](=O)[O-])c2cc(Cl)ccc21. The maximum absolute atomic E-state index is 11.3. The molecular formula is C18H14ClN3O4. The van der Waals surface area contributed by atoms with Crippen molar-refractivity contribution in [2.75, 3.05) is 11.4 Å². The van der Waals surface area contributed by atoms with Gasteiger partial charge in [-0.1, -0.05) is 11.6 Å². The molecule has 0 spiro atoms. The smallest absolute Gasteiger partial charge is 0.283 e. The Bertz CT molecular complexity index is 969. The number of hydrogen-bond acceptors (Lipinski definition) is 5. The molecule has 0 aliphatic carbocycles. The van der Waals surface area contributed by atoms with Crippen LogP contribution in [0.25, 0.3) is 11.6 Å². The number of rotatable bonds is 4. The van der Waals surface area contributed by atoms with E-state index in [4.69, 9.17) is 11.6 Å². The van der Waals surface area contributed by atoms with Crippen molar-refractivity contribution in [2.45, 2.75) is 6.92 Å². The third-order valence-electron chi connectivity index (χ3n) is 4.09. The molecule has 0 saturated carbocycles. The first kappa shape index (κ1) is 17.6. The van der Waals surface area contributed by atoms with Crippen LogP contribution >= 0.6 is 11.6 Å². The third kappa shape index (κ3) is 3.29. The van der Waals surface area contributed by atoms with Gasteiger partial charge in [-0.15, -0.1) is 0 Å². The fourth-order valence-corrected chi connectivity index (χ4v) is 3.00. The van der Waals surface area contributed by atoms with Crippen LogP contribution in [-0.2, 0) is 0 Å². The summed E-state index contributed by atoms with van der Waals surface area (Å²) in [7, 11) is 0. The Balaban J connectivity index is 2.15. The van der Waals surface area contributed by atoms with E-state index in [9.17, 15) is 20.2 Å². The second-order valence-electron chi connectivity index (χ2n) is 5.62. The molecule has 7 nitrogen and oxygen atoms in total. The van der Waals surface area contributed by atoms with Crippen molar-refractivity contribution < 1.29 is 9.85 Å². The molecule has 0 unspecified atom stereocenters. The lowest BCUT2D eigenvalue weighted by Crippen LogP contribution is -2.18. The van der Waals surface area contributed by atoms with Gasteiger partial charge in [0.15, 0.2) is 0 Å². The van der Waals surface area contributed by atoms with Crippen LogP contribution in [0.3, 0.4) is 0 Å². The molecule has 26 heavy (non-hydrogen) atoms. The highest BCUT2D eigenvalue weighted by Gasteiger charge is 2.20. The molecule has 1 aliphatic heterocycles. The third-order valence-corrected chi connectivity index (χ3v) is 4.32. The standard InChI is InChI=1S/C18H14ClN3O4/c1-2-20-8-7-12(16-10-14(19)4-6-17(16)20)9-13-3-5-15(21(23)24)11-18(13)22(25)26/h3-11H,2H2,1H3. The summed E-state index contributed by atoms with van der Waals surface area (Å²) in [6.07, 6.45) is 5.37. The summed E-state index contributed by atoms with van der Waals surface area (Å²) < 4.78 is 0. The van der Waals surface area contributed by atoms with Gasteiger partial charge >= 0.3 is 0 Å². The number of anilines is 1. The molecule has 0 N–H and O–H groups in total. The zero-order chi connectivity index (χ0) is 18.8. The van der Waals surface area contributed by atoms with Gasteiger partial charge in [-0.05, 0) is 48.9 Å². The first-order valence-electron chi connectivity index (χ1n) is 7.80. The number of nitro benzene ring substituents is 2. The second-order valence-corrected chi connectivity index (χ2v) is 6.06. The Morgan fingerprint density at radius 1 is 1.12 bits per heavy atom. The Morgan fingerprint density at radius 3 is 2.54 bits per heavy atom. The molecule has 0 bridgehead atoms. The number of halogens is 1. The molecule has 0 amide bonds. The second kappa shape index (κ2) is 6.97. The highest BCUT2D eigenvalue weighted by molar-refractivity contribution is 6.31. The highest BCUT2D eigenvalue weighted by atomic mass is 35.5. The molecule has 2 aromatic rings. The maximum atomic E-state index is 11.3.